The summed E-state index contributed by atoms with van der Waals surface area (Å²) in [4.78, 5) is 24.9. The summed E-state index contributed by atoms with van der Waals surface area (Å²) in [5.41, 5.74) is 1.94. The van der Waals surface area contributed by atoms with Gasteiger partial charge in [0.05, 0.1) is 23.0 Å². The van der Waals surface area contributed by atoms with Crippen molar-refractivity contribution in [3.8, 4) is 34.3 Å². The first-order valence-corrected chi connectivity index (χ1v) is 12.0. The Labute approximate surface area is 207 Å². The summed E-state index contributed by atoms with van der Waals surface area (Å²) in [7, 11) is 2.07. The van der Waals surface area contributed by atoms with Crippen molar-refractivity contribution in [3.05, 3.63) is 82.8 Å². The van der Waals surface area contributed by atoms with E-state index >= 15 is 0 Å². The van der Waals surface area contributed by atoms with Crippen LogP contribution in [0.4, 0.5) is 8.78 Å². The lowest BCUT2D eigenvalue weighted by Gasteiger charge is -2.31. The van der Waals surface area contributed by atoms with Gasteiger partial charge in [0, 0.05) is 12.7 Å². The maximum atomic E-state index is 14.2. The second-order valence-corrected chi connectivity index (χ2v) is 8.89. The van der Waals surface area contributed by atoms with Crippen LogP contribution in [-0.2, 0) is 6.54 Å². The van der Waals surface area contributed by atoms with Crippen molar-refractivity contribution in [3.63, 3.8) is 0 Å². The van der Waals surface area contributed by atoms with Gasteiger partial charge in [0.1, 0.15) is 5.82 Å². The van der Waals surface area contributed by atoms with Crippen LogP contribution < -0.4 is 10.3 Å². The Bertz CT molecular complexity index is 1420. The summed E-state index contributed by atoms with van der Waals surface area (Å²) < 4.78 is 37.3. The fraction of sp³-hybridized carbons (Fsp3) is 0.296. The average molecular weight is 492 g/mol. The third kappa shape index (κ3) is 4.54. The van der Waals surface area contributed by atoms with Crippen LogP contribution in [0.15, 0.2) is 65.6 Å². The molecule has 5 rings (SSSR count). The monoisotopic (exact) mass is 491 g/mol. The minimum atomic E-state index is -0.530. The number of ether oxygens (including phenoxy) is 1. The van der Waals surface area contributed by atoms with E-state index in [1.54, 1.807) is 30.3 Å². The van der Waals surface area contributed by atoms with Crippen LogP contribution >= 0.6 is 0 Å². The topological polar surface area (TPSA) is 65.2 Å². The molecule has 0 radical (unpaired) electrons. The summed E-state index contributed by atoms with van der Waals surface area (Å²) in [5.74, 6) is -0.906. The van der Waals surface area contributed by atoms with Crippen molar-refractivity contribution in [2.24, 2.45) is 0 Å². The van der Waals surface area contributed by atoms with Crippen molar-refractivity contribution >= 4 is 0 Å². The molecule has 4 aromatic rings. The summed E-state index contributed by atoms with van der Waals surface area (Å²) in [6.45, 7) is 4.27. The third-order valence-corrected chi connectivity index (χ3v) is 6.56. The van der Waals surface area contributed by atoms with Crippen LogP contribution in [-0.4, -0.2) is 44.4 Å². The minimum absolute atomic E-state index is 0.00480. The normalized spacial score (nSPS) is 14.8. The number of nitrogens with zero attached hydrogens (tertiary/aromatic N) is 5. The summed E-state index contributed by atoms with van der Waals surface area (Å²) in [5, 5.41) is 0. The Balaban J connectivity index is 1.67. The molecule has 0 amide bonds. The van der Waals surface area contributed by atoms with Gasteiger partial charge in [0.25, 0.3) is 5.56 Å². The smallest absolute Gasteiger partial charge is 0.322 e. The van der Waals surface area contributed by atoms with E-state index in [0.717, 1.165) is 25.9 Å². The van der Waals surface area contributed by atoms with E-state index in [9.17, 15) is 13.6 Å². The molecular formula is C27H27F2N5O2. The lowest BCUT2D eigenvalue weighted by Crippen LogP contribution is -2.37. The lowest BCUT2D eigenvalue weighted by molar-refractivity contribution is 0.197. The Morgan fingerprint density at radius 1 is 1.03 bits per heavy atom. The molecule has 3 heterocycles. The second-order valence-electron chi connectivity index (χ2n) is 8.89. The van der Waals surface area contributed by atoms with Crippen LogP contribution in [0, 0.1) is 11.6 Å². The van der Waals surface area contributed by atoms with E-state index in [-0.39, 0.29) is 29.2 Å². The minimum Gasteiger partial charge on any atom is -0.421 e. The first kappa shape index (κ1) is 23.9. The maximum absolute atomic E-state index is 14.2. The molecule has 1 fully saturated rings. The molecular weight excluding hydrogens is 464 g/mol. The maximum Gasteiger partial charge on any atom is 0.322 e. The lowest BCUT2D eigenvalue weighted by atomic mass is 10.0. The summed E-state index contributed by atoms with van der Waals surface area (Å²) in [6.07, 6.45) is 3.20. The van der Waals surface area contributed by atoms with Gasteiger partial charge in [-0.15, -0.1) is 0 Å². The SMILES string of the molecule is CCn1c(-c2ccnc(Oc3ccccc3F)n2)c(-c2ccc(F)cc2)c(=O)n1C1CCN(C)CC1. The van der Waals surface area contributed by atoms with E-state index in [0.29, 0.717) is 29.1 Å². The first-order valence-electron chi connectivity index (χ1n) is 12.0. The molecule has 0 N–H and O–H groups in total. The number of likely N-dealkylation sites (tertiary alicyclic amines) is 1. The number of hydrogen-bond acceptors (Lipinski definition) is 5. The number of para-hydroxylation sites is 1. The molecule has 186 valence electrons. The molecule has 1 aliphatic rings. The highest BCUT2D eigenvalue weighted by Crippen LogP contribution is 2.33. The number of benzene rings is 2. The second kappa shape index (κ2) is 10.0. The van der Waals surface area contributed by atoms with Crippen LogP contribution in [0.1, 0.15) is 25.8 Å². The molecule has 2 aromatic carbocycles. The number of halogens is 2. The van der Waals surface area contributed by atoms with Crippen molar-refractivity contribution in [2.45, 2.75) is 32.4 Å². The fourth-order valence-electron chi connectivity index (χ4n) is 4.76. The molecule has 2 aromatic heterocycles. The fourth-order valence-corrected chi connectivity index (χ4v) is 4.76. The predicted molar refractivity (Wildman–Crippen MR) is 133 cm³/mol. The number of rotatable bonds is 6. The highest BCUT2D eigenvalue weighted by Gasteiger charge is 2.29. The Morgan fingerprint density at radius 2 is 1.75 bits per heavy atom. The molecule has 0 unspecified atom stereocenters. The van der Waals surface area contributed by atoms with Gasteiger partial charge < -0.3 is 9.64 Å². The van der Waals surface area contributed by atoms with Crippen molar-refractivity contribution in [1.29, 1.82) is 0 Å². The van der Waals surface area contributed by atoms with Gasteiger partial charge in [-0.3, -0.25) is 9.48 Å². The molecule has 36 heavy (non-hydrogen) atoms. The molecule has 0 saturated carbocycles. The van der Waals surface area contributed by atoms with Gasteiger partial charge in [-0.1, -0.05) is 24.3 Å². The summed E-state index contributed by atoms with van der Waals surface area (Å²) >= 11 is 0. The molecule has 1 aliphatic heterocycles. The molecule has 0 bridgehead atoms. The highest BCUT2D eigenvalue weighted by molar-refractivity contribution is 5.79. The number of aromatic nitrogens is 4. The van der Waals surface area contributed by atoms with E-state index < -0.39 is 5.82 Å². The van der Waals surface area contributed by atoms with E-state index in [1.807, 2.05) is 16.3 Å². The highest BCUT2D eigenvalue weighted by atomic mass is 19.1. The quantitative estimate of drug-likeness (QED) is 0.374. The molecule has 7 nitrogen and oxygen atoms in total. The third-order valence-electron chi connectivity index (χ3n) is 6.56. The van der Waals surface area contributed by atoms with E-state index in [4.69, 9.17) is 4.74 Å². The van der Waals surface area contributed by atoms with Gasteiger partial charge >= 0.3 is 6.01 Å². The zero-order chi connectivity index (χ0) is 25.2. The van der Waals surface area contributed by atoms with Crippen molar-refractivity contribution in [2.75, 3.05) is 20.1 Å². The Morgan fingerprint density at radius 3 is 2.44 bits per heavy atom. The average Bonchev–Trinajstić information content (AvgIpc) is 3.18. The predicted octanol–water partition coefficient (Wildman–Crippen LogP) is 5.13. The van der Waals surface area contributed by atoms with Gasteiger partial charge in [0.2, 0.25) is 0 Å². The zero-order valence-electron chi connectivity index (χ0n) is 20.2. The molecule has 9 heteroatoms. The van der Waals surface area contributed by atoms with E-state index in [2.05, 4.69) is 21.9 Å². The van der Waals surface area contributed by atoms with Crippen LogP contribution in [0.5, 0.6) is 11.8 Å². The van der Waals surface area contributed by atoms with Gasteiger partial charge in [0.15, 0.2) is 11.6 Å². The molecule has 0 spiro atoms. The van der Waals surface area contributed by atoms with E-state index in [1.165, 1.54) is 30.5 Å². The van der Waals surface area contributed by atoms with Gasteiger partial charge in [-0.2, -0.15) is 4.98 Å². The largest absolute Gasteiger partial charge is 0.421 e. The summed E-state index contributed by atoms with van der Waals surface area (Å²) in [6, 6.07) is 13.6. The Kier molecular flexibility index (Phi) is 6.65. The van der Waals surface area contributed by atoms with Gasteiger partial charge in [-0.05, 0) is 75.8 Å². The molecule has 1 saturated heterocycles. The molecule has 0 atom stereocenters. The van der Waals surface area contributed by atoms with Crippen LogP contribution in [0.2, 0.25) is 0 Å². The van der Waals surface area contributed by atoms with Gasteiger partial charge in [-0.25, -0.2) is 18.4 Å². The standard InChI is InChI=1S/C27H27F2N5O2/c1-3-33-25(22-12-15-30-27(31-22)36-23-7-5-4-6-21(23)29)24(18-8-10-19(28)11-9-18)26(35)34(33)20-13-16-32(2)17-14-20/h4-12,15,20H,3,13-14,16-17H2,1-2H3. The number of piperidine rings is 1. The van der Waals surface area contributed by atoms with Crippen LogP contribution in [0.25, 0.3) is 22.5 Å². The number of hydrogen-bond donors (Lipinski definition) is 0. The first-order chi connectivity index (χ1) is 17.5. The zero-order valence-corrected chi connectivity index (χ0v) is 20.2. The van der Waals surface area contributed by atoms with Crippen molar-refractivity contribution in [1.82, 2.24) is 24.2 Å². The van der Waals surface area contributed by atoms with Crippen molar-refractivity contribution < 1.29 is 13.5 Å². The Hall–Kier alpha value is -3.85. The molecule has 0 aliphatic carbocycles. The van der Waals surface area contributed by atoms with Crippen LogP contribution in [0.3, 0.4) is 0 Å².